The highest BCUT2D eigenvalue weighted by molar-refractivity contribution is 7.92. The standard InChI is InChI=1S/C29H34ClN3O4S/c1-20(2)31-29(35)23(5)32(18-24-12-10-13-25(30)17-24)28(34)19-33(27-16-9-11-21(3)22(27)4)38(36,37)26-14-7-6-8-15-26/h6-17,20,23H,18-19H2,1-5H3,(H,31,35)/t23-/m1/s1. The van der Waals surface area contributed by atoms with Crippen molar-refractivity contribution < 1.29 is 18.0 Å². The fourth-order valence-corrected chi connectivity index (χ4v) is 5.76. The first-order valence-electron chi connectivity index (χ1n) is 12.4. The number of aryl methyl sites for hydroxylation is 1. The molecule has 3 aromatic carbocycles. The fraction of sp³-hybridized carbons (Fsp3) is 0.310. The number of hydrogen-bond donors (Lipinski definition) is 1. The molecule has 0 heterocycles. The summed E-state index contributed by atoms with van der Waals surface area (Å²) in [6, 6.07) is 19.4. The van der Waals surface area contributed by atoms with E-state index in [9.17, 15) is 18.0 Å². The van der Waals surface area contributed by atoms with E-state index >= 15 is 0 Å². The summed E-state index contributed by atoms with van der Waals surface area (Å²) in [7, 11) is -4.10. The molecule has 0 fully saturated rings. The number of rotatable bonds is 10. The lowest BCUT2D eigenvalue weighted by molar-refractivity contribution is -0.139. The molecule has 38 heavy (non-hydrogen) atoms. The van der Waals surface area contributed by atoms with E-state index in [-0.39, 0.29) is 23.4 Å². The van der Waals surface area contributed by atoms with E-state index < -0.39 is 28.5 Å². The molecule has 0 aliphatic rings. The van der Waals surface area contributed by atoms with E-state index in [1.807, 2.05) is 39.8 Å². The van der Waals surface area contributed by atoms with Crippen LogP contribution in [0.2, 0.25) is 5.02 Å². The lowest BCUT2D eigenvalue weighted by Crippen LogP contribution is -2.52. The van der Waals surface area contributed by atoms with Gasteiger partial charge in [-0.3, -0.25) is 13.9 Å². The normalized spacial score (nSPS) is 12.2. The molecule has 9 heteroatoms. The van der Waals surface area contributed by atoms with E-state index in [0.29, 0.717) is 10.7 Å². The highest BCUT2D eigenvalue weighted by atomic mass is 35.5. The molecule has 7 nitrogen and oxygen atoms in total. The van der Waals surface area contributed by atoms with Gasteiger partial charge in [0.15, 0.2) is 0 Å². The Balaban J connectivity index is 2.07. The van der Waals surface area contributed by atoms with Gasteiger partial charge in [-0.2, -0.15) is 0 Å². The summed E-state index contributed by atoms with van der Waals surface area (Å²) in [4.78, 5) is 28.4. The third kappa shape index (κ3) is 6.94. The maximum Gasteiger partial charge on any atom is 0.264 e. The predicted molar refractivity (Wildman–Crippen MR) is 152 cm³/mol. The van der Waals surface area contributed by atoms with E-state index in [0.717, 1.165) is 21.0 Å². The molecule has 0 saturated heterocycles. The van der Waals surface area contributed by atoms with Crippen LogP contribution in [0.1, 0.15) is 37.5 Å². The number of carbonyl (C=O) groups is 2. The molecule has 0 saturated carbocycles. The van der Waals surface area contributed by atoms with Crippen LogP contribution in [0.3, 0.4) is 0 Å². The minimum absolute atomic E-state index is 0.0701. The average Bonchev–Trinajstić information content (AvgIpc) is 2.87. The lowest BCUT2D eigenvalue weighted by atomic mass is 10.1. The van der Waals surface area contributed by atoms with Crippen LogP contribution >= 0.6 is 11.6 Å². The van der Waals surface area contributed by atoms with Gasteiger partial charge < -0.3 is 10.2 Å². The van der Waals surface area contributed by atoms with Crippen molar-refractivity contribution in [2.75, 3.05) is 10.8 Å². The SMILES string of the molecule is Cc1cccc(N(CC(=O)N(Cc2cccc(Cl)c2)[C@H](C)C(=O)NC(C)C)S(=O)(=O)c2ccccc2)c1C. The summed E-state index contributed by atoms with van der Waals surface area (Å²) in [6.45, 7) is 8.61. The Labute approximate surface area is 230 Å². The van der Waals surface area contributed by atoms with Crippen molar-refractivity contribution in [2.24, 2.45) is 0 Å². The molecule has 0 spiro atoms. The summed E-state index contributed by atoms with van der Waals surface area (Å²) < 4.78 is 28.9. The number of nitrogens with one attached hydrogen (secondary N) is 1. The van der Waals surface area contributed by atoms with Crippen molar-refractivity contribution >= 4 is 39.1 Å². The first-order valence-corrected chi connectivity index (χ1v) is 14.2. The molecule has 1 atom stereocenters. The third-order valence-electron chi connectivity index (χ3n) is 6.29. The van der Waals surface area contributed by atoms with Gasteiger partial charge >= 0.3 is 0 Å². The second-order valence-corrected chi connectivity index (χ2v) is 11.8. The molecule has 0 aliphatic heterocycles. The molecule has 3 aromatic rings. The second kappa shape index (κ2) is 12.5. The van der Waals surface area contributed by atoms with Crippen LogP contribution in [-0.4, -0.2) is 43.8 Å². The van der Waals surface area contributed by atoms with Gasteiger partial charge in [0.05, 0.1) is 10.6 Å². The first kappa shape index (κ1) is 29.2. The smallest absolute Gasteiger partial charge is 0.264 e. The summed E-state index contributed by atoms with van der Waals surface area (Å²) in [5.41, 5.74) is 2.76. The van der Waals surface area contributed by atoms with Crippen molar-refractivity contribution in [2.45, 2.75) is 58.1 Å². The van der Waals surface area contributed by atoms with Crippen LogP contribution < -0.4 is 9.62 Å². The molecule has 2 amide bonds. The summed E-state index contributed by atoms with van der Waals surface area (Å²) in [5, 5.41) is 3.34. The predicted octanol–water partition coefficient (Wildman–Crippen LogP) is 5.09. The Kier molecular flexibility index (Phi) is 9.57. The zero-order valence-corrected chi connectivity index (χ0v) is 23.9. The zero-order valence-electron chi connectivity index (χ0n) is 22.3. The number of anilines is 1. The molecule has 1 N–H and O–H groups in total. The van der Waals surface area contributed by atoms with Crippen LogP contribution in [0.25, 0.3) is 0 Å². The monoisotopic (exact) mass is 555 g/mol. The molecule has 0 radical (unpaired) electrons. The van der Waals surface area contributed by atoms with Crippen LogP contribution in [-0.2, 0) is 26.2 Å². The lowest BCUT2D eigenvalue weighted by Gasteiger charge is -2.33. The molecule has 0 aliphatic carbocycles. The zero-order chi connectivity index (χ0) is 28.0. The Morgan fingerprint density at radius 1 is 0.921 bits per heavy atom. The first-order chi connectivity index (χ1) is 17.9. The molecule has 0 aromatic heterocycles. The van der Waals surface area contributed by atoms with Gasteiger partial charge in [0.2, 0.25) is 11.8 Å². The molecule has 3 rings (SSSR count). The molecule has 0 bridgehead atoms. The Hall–Kier alpha value is -3.36. The summed E-state index contributed by atoms with van der Waals surface area (Å²) in [6.07, 6.45) is 0. The molecule has 0 unspecified atom stereocenters. The molecular formula is C29H34ClN3O4S. The van der Waals surface area contributed by atoms with Crippen molar-refractivity contribution in [3.05, 3.63) is 94.5 Å². The van der Waals surface area contributed by atoms with Crippen molar-refractivity contribution in [1.29, 1.82) is 0 Å². The number of nitrogens with zero attached hydrogens (tertiary/aromatic N) is 2. The number of carbonyl (C=O) groups excluding carboxylic acids is 2. The van der Waals surface area contributed by atoms with Crippen molar-refractivity contribution in [1.82, 2.24) is 10.2 Å². The topological polar surface area (TPSA) is 86.8 Å². The van der Waals surface area contributed by atoms with Crippen molar-refractivity contribution in [3.8, 4) is 0 Å². The largest absolute Gasteiger partial charge is 0.352 e. The maximum absolute atomic E-state index is 13.9. The highest BCUT2D eigenvalue weighted by Gasteiger charge is 2.33. The maximum atomic E-state index is 13.9. The van der Waals surface area contributed by atoms with Gasteiger partial charge in [0.25, 0.3) is 10.0 Å². The quantitative estimate of drug-likeness (QED) is 0.377. The molecular weight excluding hydrogens is 522 g/mol. The van der Waals surface area contributed by atoms with Gasteiger partial charge in [-0.05, 0) is 81.6 Å². The van der Waals surface area contributed by atoms with Crippen LogP contribution in [0.5, 0.6) is 0 Å². The average molecular weight is 556 g/mol. The number of sulfonamides is 1. The van der Waals surface area contributed by atoms with Gasteiger partial charge in [-0.1, -0.05) is 54.1 Å². The summed E-state index contributed by atoms with van der Waals surface area (Å²) in [5.74, 6) is -0.851. The fourth-order valence-electron chi connectivity index (χ4n) is 4.06. The minimum Gasteiger partial charge on any atom is -0.352 e. The van der Waals surface area contributed by atoms with Gasteiger partial charge in [0, 0.05) is 17.6 Å². The Morgan fingerprint density at radius 3 is 2.21 bits per heavy atom. The second-order valence-electron chi connectivity index (χ2n) is 9.53. The van der Waals surface area contributed by atoms with E-state index in [1.54, 1.807) is 55.5 Å². The number of halogens is 1. The minimum atomic E-state index is -4.10. The van der Waals surface area contributed by atoms with Crippen LogP contribution in [0.15, 0.2) is 77.7 Å². The highest BCUT2D eigenvalue weighted by Crippen LogP contribution is 2.29. The van der Waals surface area contributed by atoms with Crippen LogP contribution in [0.4, 0.5) is 5.69 Å². The molecule has 202 valence electrons. The van der Waals surface area contributed by atoms with E-state index in [4.69, 9.17) is 11.6 Å². The van der Waals surface area contributed by atoms with Crippen molar-refractivity contribution in [3.63, 3.8) is 0 Å². The van der Waals surface area contributed by atoms with E-state index in [1.165, 1.54) is 17.0 Å². The Morgan fingerprint density at radius 2 is 1.58 bits per heavy atom. The number of benzene rings is 3. The van der Waals surface area contributed by atoms with Gasteiger partial charge in [-0.15, -0.1) is 0 Å². The van der Waals surface area contributed by atoms with E-state index in [2.05, 4.69) is 5.32 Å². The third-order valence-corrected chi connectivity index (χ3v) is 8.30. The summed E-state index contributed by atoms with van der Waals surface area (Å²) >= 11 is 6.17. The van der Waals surface area contributed by atoms with Crippen LogP contribution in [0, 0.1) is 13.8 Å². The number of hydrogen-bond acceptors (Lipinski definition) is 4. The number of amides is 2. The van der Waals surface area contributed by atoms with Gasteiger partial charge in [0.1, 0.15) is 12.6 Å². The van der Waals surface area contributed by atoms with Gasteiger partial charge in [-0.25, -0.2) is 8.42 Å². The Bertz CT molecular complexity index is 1390.